The summed E-state index contributed by atoms with van der Waals surface area (Å²) in [7, 11) is -1.75. The first-order valence-electron chi connectivity index (χ1n) is 7.24. The van der Waals surface area contributed by atoms with Crippen molar-refractivity contribution in [1.29, 1.82) is 0 Å². The molecule has 2 fully saturated rings. The molecule has 1 aliphatic carbocycles. The first-order valence-corrected chi connectivity index (χ1v) is 7.24. The summed E-state index contributed by atoms with van der Waals surface area (Å²) in [6.07, 6.45) is 2.69. The fraction of sp³-hybridized carbons (Fsp3) is 0.571. The highest BCUT2D eigenvalue weighted by Crippen LogP contribution is 2.27. The Kier molecular flexibility index (Phi) is 4.07. The average Bonchev–Trinajstić information content (AvgIpc) is 3.26. The van der Waals surface area contributed by atoms with E-state index >= 15 is 0 Å². The Hall–Kier alpha value is -0.945. The molecule has 1 aliphatic heterocycles. The normalized spacial score (nSPS) is 21.1. The maximum absolute atomic E-state index is 13.4. The lowest BCUT2D eigenvalue weighted by Gasteiger charge is -2.34. The summed E-state index contributed by atoms with van der Waals surface area (Å²) in [5.41, 5.74) is 0.883. The minimum absolute atomic E-state index is 0.0425. The number of benzene rings is 1. The van der Waals surface area contributed by atoms with Gasteiger partial charge in [-0.1, -0.05) is 12.1 Å². The molecule has 0 amide bonds. The Labute approximate surface area is 119 Å². The van der Waals surface area contributed by atoms with E-state index < -0.39 is 12.9 Å². The van der Waals surface area contributed by atoms with Crippen LogP contribution < -0.4 is 5.46 Å². The topological polar surface area (TPSA) is 46.9 Å². The third-order valence-electron chi connectivity index (χ3n) is 4.21. The Morgan fingerprint density at radius 3 is 2.45 bits per heavy atom. The fourth-order valence-corrected chi connectivity index (χ4v) is 2.87. The number of hydrogen-bond donors (Lipinski definition) is 2. The first-order chi connectivity index (χ1) is 9.63. The molecule has 0 atom stereocenters. The maximum atomic E-state index is 13.4. The molecule has 1 aromatic carbocycles. The predicted molar refractivity (Wildman–Crippen MR) is 76.1 cm³/mol. The van der Waals surface area contributed by atoms with Crippen LogP contribution in [0.15, 0.2) is 18.2 Å². The second-order valence-electron chi connectivity index (χ2n) is 5.77. The quantitative estimate of drug-likeness (QED) is 0.748. The van der Waals surface area contributed by atoms with Gasteiger partial charge in [-0.25, -0.2) is 4.39 Å². The van der Waals surface area contributed by atoms with E-state index in [-0.39, 0.29) is 5.46 Å². The van der Waals surface area contributed by atoms with Crippen LogP contribution in [0.1, 0.15) is 18.4 Å². The van der Waals surface area contributed by atoms with E-state index in [4.69, 9.17) is 10.0 Å². The van der Waals surface area contributed by atoms with Crippen LogP contribution in [0.4, 0.5) is 4.39 Å². The summed E-state index contributed by atoms with van der Waals surface area (Å²) >= 11 is 0. The van der Waals surface area contributed by atoms with Gasteiger partial charge in [-0.2, -0.15) is 0 Å². The third kappa shape index (κ3) is 3.20. The van der Waals surface area contributed by atoms with E-state index in [1.165, 1.54) is 18.9 Å². The van der Waals surface area contributed by atoms with Crippen LogP contribution in [0.25, 0.3) is 0 Å². The van der Waals surface area contributed by atoms with Gasteiger partial charge in [0.2, 0.25) is 0 Å². The van der Waals surface area contributed by atoms with E-state index in [2.05, 4.69) is 9.80 Å². The van der Waals surface area contributed by atoms with Crippen molar-refractivity contribution in [2.24, 2.45) is 0 Å². The molecule has 2 aliphatic rings. The van der Waals surface area contributed by atoms with Crippen molar-refractivity contribution in [2.75, 3.05) is 26.2 Å². The monoisotopic (exact) mass is 278 g/mol. The summed E-state index contributed by atoms with van der Waals surface area (Å²) in [5.74, 6) is -0.567. The van der Waals surface area contributed by atoms with E-state index in [1.54, 1.807) is 12.1 Å². The molecule has 6 heteroatoms. The lowest BCUT2D eigenvalue weighted by Crippen LogP contribution is -2.46. The van der Waals surface area contributed by atoms with Gasteiger partial charge in [0.05, 0.1) is 0 Å². The molecular formula is C14H20BFN2O2. The number of rotatable bonds is 4. The highest BCUT2D eigenvalue weighted by Gasteiger charge is 2.31. The lowest BCUT2D eigenvalue weighted by molar-refractivity contribution is 0.121. The van der Waals surface area contributed by atoms with Gasteiger partial charge in [0, 0.05) is 44.2 Å². The zero-order valence-electron chi connectivity index (χ0n) is 11.5. The van der Waals surface area contributed by atoms with E-state index in [0.717, 1.165) is 44.3 Å². The van der Waals surface area contributed by atoms with E-state index in [9.17, 15) is 4.39 Å². The molecule has 3 rings (SSSR count). The average molecular weight is 278 g/mol. The number of halogens is 1. The standard InChI is InChI=1S/C14H20BFN2O2/c16-14-4-1-11(9-13(14)15(19)20)10-17-5-7-18(8-6-17)12-2-3-12/h1,4,9,12,19-20H,2-3,5-8,10H2. The van der Waals surface area contributed by atoms with Gasteiger partial charge in [0.15, 0.2) is 0 Å². The molecule has 0 bridgehead atoms. The Morgan fingerprint density at radius 1 is 1.15 bits per heavy atom. The van der Waals surface area contributed by atoms with Crippen LogP contribution in [0.2, 0.25) is 0 Å². The second-order valence-corrected chi connectivity index (χ2v) is 5.77. The minimum Gasteiger partial charge on any atom is -0.423 e. The molecule has 0 spiro atoms. The molecule has 2 N–H and O–H groups in total. The van der Waals surface area contributed by atoms with Crippen molar-refractivity contribution in [2.45, 2.75) is 25.4 Å². The van der Waals surface area contributed by atoms with Crippen LogP contribution in [0.3, 0.4) is 0 Å². The third-order valence-corrected chi connectivity index (χ3v) is 4.21. The zero-order chi connectivity index (χ0) is 14.1. The summed E-state index contributed by atoms with van der Waals surface area (Å²) < 4.78 is 13.4. The van der Waals surface area contributed by atoms with Gasteiger partial charge in [-0.3, -0.25) is 9.80 Å². The van der Waals surface area contributed by atoms with Crippen LogP contribution in [0.5, 0.6) is 0 Å². The van der Waals surface area contributed by atoms with Gasteiger partial charge in [0.1, 0.15) is 5.82 Å². The van der Waals surface area contributed by atoms with Gasteiger partial charge in [0.25, 0.3) is 0 Å². The predicted octanol–water partition coefficient (Wildman–Crippen LogP) is -0.214. The Balaban J connectivity index is 1.59. The largest absolute Gasteiger partial charge is 0.491 e. The summed E-state index contributed by atoms with van der Waals surface area (Å²) in [4.78, 5) is 4.88. The van der Waals surface area contributed by atoms with Crippen molar-refractivity contribution in [3.8, 4) is 0 Å². The number of piperazine rings is 1. The molecule has 1 saturated heterocycles. The highest BCUT2D eigenvalue weighted by atomic mass is 19.1. The second kappa shape index (κ2) is 5.81. The van der Waals surface area contributed by atoms with Crippen LogP contribution in [-0.2, 0) is 6.54 Å². The Morgan fingerprint density at radius 2 is 1.85 bits per heavy atom. The van der Waals surface area contributed by atoms with Crippen LogP contribution in [-0.4, -0.2) is 59.2 Å². The first kappa shape index (κ1) is 14.0. The molecule has 0 radical (unpaired) electrons. The maximum Gasteiger partial charge on any atom is 0.491 e. The van der Waals surface area contributed by atoms with Gasteiger partial charge >= 0.3 is 7.12 Å². The summed E-state index contributed by atoms with van der Waals surface area (Å²) in [5, 5.41) is 18.3. The van der Waals surface area contributed by atoms with E-state index in [1.807, 2.05) is 0 Å². The molecular weight excluding hydrogens is 258 g/mol. The van der Waals surface area contributed by atoms with Crippen molar-refractivity contribution < 1.29 is 14.4 Å². The molecule has 1 aromatic rings. The number of nitrogens with zero attached hydrogens (tertiary/aromatic N) is 2. The molecule has 1 saturated carbocycles. The number of hydrogen-bond acceptors (Lipinski definition) is 4. The van der Waals surface area contributed by atoms with Crippen molar-refractivity contribution in [3.63, 3.8) is 0 Å². The molecule has 1 heterocycles. The SMILES string of the molecule is OB(O)c1cc(CN2CCN(C3CC3)CC2)ccc1F. The van der Waals surface area contributed by atoms with Gasteiger partial charge in [-0.05, 0) is 24.5 Å². The van der Waals surface area contributed by atoms with Crippen molar-refractivity contribution >= 4 is 12.6 Å². The van der Waals surface area contributed by atoms with Crippen molar-refractivity contribution in [3.05, 3.63) is 29.6 Å². The Bertz CT molecular complexity index is 474. The molecule has 4 nitrogen and oxygen atoms in total. The highest BCUT2D eigenvalue weighted by molar-refractivity contribution is 6.58. The molecule has 0 unspecified atom stereocenters. The molecule has 108 valence electrons. The smallest absolute Gasteiger partial charge is 0.423 e. The minimum atomic E-state index is -1.75. The van der Waals surface area contributed by atoms with Gasteiger partial charge in [-0.15, -0.1) is 0 Å². The van der Waals surface area contributed by atoms with Crippen LogP contribution >= 0.6 is 0 Å². The van der Waals surface area contributed by atoms with Gasteiger partial charge < -0.3 is 10.0 Å². The fourth-order valence-electron chi connectivity index (χ4n) is 2.87. The summed E-state index contributed by atoms with van der Waals surface area (Å²) in [6.45, 7) is 4.97. The zero-order valence-corrected chi connectivity index (χ0v) is 11.5. The van der Waals surface area contributed by atoms with E-state index in [0.29, 0.717) is 0 Å². The van der Waals surface area contributed by atoms with Crippen molar-refractivity contribution in [1.82, 2.24) is 9.80 Å². The van der Waals surface area contributed by atoms with Crippen LogP contribution in [0, 0.1) is 5.82 Å². The lowest BCUT2D eigenvalue weighted by atomic mass is 9.79. The molecule has 20 heavy (non-hydrogen) atoms. The summed E-state index contributed by atoms with van der Waals surface area (Å²) in [6, 6.07) is 5.39. The molecule has 0 aromatic heterocycles.